The second-order valence-corrected chi connectivity index (χ2v) is 5.94. The van der Waals surface area contributed by atoms with Crippen molar-refractivity contribution in [2.45, 2.75) is 44.9 Å². The number of carbonyl (C=O) groups is 1. The molecule has 0 aromatic heterocycles. The van der Waals surface area contributed by atoms with Gasteiger partial charge in [0.05, 0.1) is 13.2 Å². The van der Waals surface area contributed by atoms with Crippen molar-refractivity contribution >= 4 is 18.3 Å². The van der Waals surface area contributed by atoms with Gasteiger partial charge in [-0.1, -0.05) is 12.1 Å². The summed E-state index contributed by atoms with van der Waals surface area (Å²) in [5, 5.41) is 0. The highest BCUT2D eigenvalue weighted by molar-refractivity contribution is 5.85. The normalized spacial score (nSPS) is 18.1. The summed E-state index contributed by atoms with van der Waals surface area (Å²) in [5.74, 6) is 0.877. The van der Waals surface area contributed by atoms with Crippen molar-refractivity contribution in [1.29, 1.82) is 0 Å². The number of methoxy groups -OCH3 is 1. The molecule has 1 saturated heterocycles. The Morgan fingerprint density at radius 1 is 1.52 bits per heavy atom. The molecule has 0 bridgehead atoms. The van der Waals surface area contributed by atoms with E-state index in [0.717, 1.165) is 30.8 Å². The molecule has 1 aromatic rings. The molecule has 2 N–H and O–H groups in total. The first-order valence-corrected chi connectivity index (χ1v) is 7.86. The lowest BCUT2D eigenvalue weighted by atomic mass is 10.1. The second kappa shape index (κ2) is 9.75. The molecule has 0 spiro atoms. The third-order valence-corrected chi connectivity index (χ3v) is 3.80. The molecule has 1 amide bonds. The number of hydrogen-bond acceptors (Lipinski definition) is 4. The number of halogens is 1. The zero-order valence-electron chi connectivity index (χ0n) is 13.9. The van der Waals surface area contributed by atoms with Gasteiger partial charge in [-0.25, -0.2) is 0 Å². The number of amides is 1. The van der Waals surface area contributed by atoms with Gasteiger partial charge >= 0.3 is 0 Å². The average molecular weight is 343 g/mol. The first-order chi connectivity index (χ1) is 10.6. The van der Waals surface area contributed by atoms with Crippen LogP contribution in [0.2, 0.25) is 0 Å². The number of rotatable bonds is 7. The summed E-state index contributed by atoms with van der Waals surface area (Å²) in [4.78, 5) is 14.3. The largest absolute Gasteiger partial charge is 0.497 e. The molecule has 5 nitrogen and oxygen atoms in total. The maximum absolute atomic E-state index is 12.5. The van der Waals surface area contributed by atoms with Gasteiger partial charge in [0.15, 0.2) is 0 Å². The van der Waals surface area contributed by atoms with Crippen LogP contribution in [0.3, 0.4) is 0 Å². The highest BCUT2D eigenvalue weighted by Crippen LogP contribution is 2.18. The van der Waals surface area contributed by atoms with E-state index in [4.69, 9.17) is 15.2 Å². The average Bonchev–Trinajstić information content (AvgIpc) is 2.99. The lowest BCUT2D eigenvalue weighted by molar-refractivity contribution is -0.133. The van der Waals surface area contributed by atoms with Crippen LogP contribution in [-0.2, 0) is 16.1 Å². The molecule has 2 rings (SSSR count). The molecular formula is C17H27ClN2O3. The first kappa shape index (κ1) is 19.7. The summed E-state index contributed by atoms with van der Waals surface area (Å²) in [6.45, 7) is 3.83. The predicted octanol–water partition coefficient (Wildman–Crippen LogP) is 2.36. The van der Waals surface area contributed by atoms with Crippen LogP contribution >= 0.6 is 12.4 Å². The number of nitrogens with zero attached hydrogens (tertiary/aromatic N) is 1. The van der Waals surface area contributed by atoms with Crippen LogP contribution in [0.1, 0.15) is 31.7 Å². The third kappa shape index (κ3) is 6.37. The highest BCUT2D eigenvalue weighted by atomic mass is 35.5. The van der Waals surface area contributed by atoms with Gasteiger partial charge in [0.25, 0.3) is 0 Å². The number of hydrogen-bond donors (Lipinski definition) is 1. The Morgan fingerprint density at radius 3 is 2.91 bits per heavy atom. The lowest BCUT2D eigenvalue weighted by Crippen LogP contribution is -2.39. The molecule has 6 heteroatoms. The van der Waals surface area contributed by atoms with Crippen molar-refractivity contribution < 1.29 is 14.3 Å². The number of ether oxygens (including phenoxy) is 2. The van der Waals surface area contributed by atoms with Gasteiger partial charge in [-0.05, 0) is 37.5 Å². The Morgan fingerprint density at radius 2 is 2.30 bits per heavy atom. The molecule has 2 atom stereocenters. The fourth-order valence-corrected chi connectivity index (χ4v) is 2.68. The summed E-state index contributed by atoms with van der Waals surface area (Å²) in [7, 11) is 1.64. The Labute approximate surface area is 144 Å². The quantitative estimate of drug-likeness (QED) is 0.826. The fraction of sp³-hybridized carbons (Fsp3) is 0.588. The van der Waals surface area contributed by atoms with E-state index in [1.165, 1.54) is 0 Å². The maximum atomic E-state index is 12.5. The topological polar surface area (TPSA) is 64.8 Å². The van der Waals surface area contributed by atoms with Gasteiger partial charge in [-0.15, -0.1) is 12.4 Å². The SMILES string of the molecule is COc1cccc(CN(CC2CCCO2)C(=O)CC(C)N)c1.Cl. The summed E-state index contributed by atoms with van der Waals surface area (Å²) < 4.78 is 10.9. The van der Waals surface area contributed by atoms with Crippen LogP contribution in [0.25, 0.3) is 0 Å². The molecule has 1 heterocycles. The van der Waals surface area contributed by atoms with Crippen LogP contribution in [-0.4, -0.2) is 43.2 Å². The van der Waals surface area contributed by atoms with Crippen LogP contribution in [0, 0.1) is 0 Å². The van der Waals surface area contributed by atoms with E-state index in [1.54, 1.807) is 7.11 Å². The highest BCUT2D eigenvalue weighted by Gasteiger charge is 2.23. The monoisotopic (exact) mass is 342 g/mol. The van der Waals surface area contributed by atoms with Gasteiger partial charge < -0.3 is 20.1 Å². The van der Waals surface area contributed by atoms with Crippen molar-refractivity contribution in [2.24, 2.45) is 5.73 Å². The first-order valence-electron chi connectivity index (χ1n) is 7.86. The third-order valence-electron chi connectivity index (χ3n) is 3.80. The smallest absolute Gasteiger partial charge is 0.224 e. The molecule has 1 fully saturated rings. The van der Waals surface area contributed by atoms with Gasteiger partial charge in [0, 0.05) is 32.2 Å². The molecule has 0 aliphatic carbocycles. The second-order valence-electron chi connectivity index (χ2n) is 5.94. The van der Waals surface area contributed by atoms with E-state index >= 15 is 0 Å². The Bertz CT molecular complexity index is 490. The minimum atomic E-state index is -0.134. The molecule has 130 valence electrons. The molecule has 1 aromatic carbocycles. The van der Waals surface area contributed by atoms with Crippen LogP contribution in [0.4, 0.5) is 0 Å². The van der Waals surface area contributed by atoms with Gasteiger partial charge in [-0.2, -0.15) is 0 Å². The van der Waals surface area contributed by atoms with Crippen molar-refractivity contribution in [2.75, 3.05) is 20.3 Å². The molecule has 0 saturated carbocycles. The standard InChI is InChI=1S/C17H26N2O3.ClH/c1-13(18)9-17(20)19(12-16-7-4-8-22-16)11-14-5-3-6-15(10-14)21-2;/h3,5-6,10,13,16H,4,7-9,11-12,18H2,1-2H3;1H. The van der Waals surface area contributed by atoms with Crippen LogP contribution in [0.5, 0.6) is 5.75 Å². The predicted molar refractivity (Wildman–Crippen MR) is 92.9 cm³/mol. The lowest BCUT2D eigenvalue weighted by Gasteiger charge is -2.26. The summed E-state index contributed by atoms with van der Waals surface area (Å²) in [5.41, 5.74) is 6.83. The van der Waals surface area contributed by atoms with E-state index < -0.39 is 0 Å². The van der Waals surface area contributed by atoms with E-state index in [0.29, 0.717) is 19.5 Å². The van der Waals surface area contributed by atoms with E-state index in [2.05, 4.69) is 0 Å². The molecule has 23 heavy (non-hydrogen) atoms. The Balaban J connectivity index is 0.00000264. The van der Waals surface area contributed by atoms with Crippen molar-refractivity contribution in [1.82, 2.24) is 4.90 Å². The Hall–Kier alpha value is -1.30. The maximum Gasteiger partial charge on any atom is 0.224 e. The summed E-state index contributed by atoms with van der Waals surface area (Å²) >= 11 is 0. The molecule has 1 aliphatic heterocycles. The Kier molecular flexibility index (Phi) is 8.37. The fourth-order valence-electron chi connectivity index (χ4n) is 2.68. The number of nitrogens with two attached hydrogens (primary N) is 1. The van der Waals surface area contributed by atoms with Gasteiger partial charge in [0.2, 0.25) is 5.91 Å². The molecular weight excluding hydrogens is 316 g/mol. The minimum absolute atomic E-state index is 0. The van der Waals surface area contributed by atoms with Gasteiger partial charge in [-0.3, -0.25) is 4.79 Å². The van der Waals surface area contributed by atoms with Crippen molar-refractivity contribution in [3.05, 3.63) is 29.8 Å². The minimum Gasteiger partial charge on any atom is -0.497 e. The molecule has 2 unspecified atom stereocenters. The zero-order chi connectivity index (χ0) is 15.9. The van der Waals surface area contributed by atoms with Crippen molar-refractivity contribution in [3.8, 4) is 5.75 Å². The van der Waals surface area contributed by atoms with E-state index in [1.807, 2.05) is 36.1 Å². The van der Waals surface area contributed by atoms with Crippen molar-refractivity contribution in [3.63, 3.8) is 0 Å². The summed E-state index contributed by atoms with van der Waals surface area (Å²) in [6.07, 6.45) is 2.58. The zero-order valence-corrected chi connectivity index (χ0v) is 14.7. The number of carbonyl (C=O) groups excluding carboxylic acids is 1. The molecule has 0 radical (unpaired) electrons. The van der Waals surface area contributed by atoms with Crippen LogP contribution < -0.4 is 10.5 Å². The number of benzene rings is 1. The van der Waals surface area contributed by atoms with E-state index in [9.17, 15) is 4.79 Å². The van der Waals surface area contributed by atoms with Crippen LogP contribution in [0.15, 0.2) is 24.3 Å². The van der Waals surface area contributed by atoms with E-state index in [-0.39, 0.29) is 30.5 Å². The van der Waals surface area contributed by atoms with Gasteiger partial charge in [0.1, 0.15) is 5.75 Å². The molecule has 1 aliphatic rings. The summed E-state index contributed by atoms with van der Waals surface area (Å²) in [6, 6.07) is 7.67.